The lowest BCUT2D eigenvalue weighted by Crippen LogP contribution is -2.46. The van der Waals surface area contributed by atoms with Gasteiger partial charge in [0.15, 0.2) is 5.96 Å². The molecule has 0 radical (unpaired) electrons. The summed E-state index contributed by atoms with van der Waals surface area (Å²) in [7, 11) is 0. The number of nitrogens with zero attached hydrogens (tertiary/aromatic N) is 1. The first-order chi connectivity index (χ1) is 10.3. The summed E-state index contributed by atoms with van der Waals surface area (Å²) >= 11 is 1.78. The van der Waals surface area contributed by atoms with Gasteiger partial charge in [-0.1, -0.05) is 6.07 Å². The van der Waals surface area contributed by atoms with Crippen LogP contribution in [0.2, 0.25) is 0 Å². The number of thiophene rings is 1. The number of rotatable bonds is 5. The van der Waals surface area contributed by atoms with E-state index in [1.54, 1.807) is 11.3 Å². The molecule has 1 atom stereocenters. The Balaban J connectivity index is 1.38. The first kappa shape index (κ1) is 14.9. The molecule has 21 heavy (non-hydrogen) atoms. The number of hydrogen-bond acceptors (Lipinski definition) is 3. The van der Waals surface area contributed by atoms with Gasteiger partial charge >= 0.3 is 0 Å². The van der Waals surface area contributed by atoms with Gasteiger partial charge in [0.1, 0.15) is 0 Å². The third-order valence-corrected chi connectivity index (χ3v) is 5.57. The highest BCUT2D eigenvalue weighted by Gasteiger charge is 2.42. The molecule has 0 aromatic carbocycles. The fraction of sp³-hybridized carbons (Fsp3) is 0.688. The third kappa shape index (κ3) is 3.98. The van der Waals surface area contributed by atoms with Crippen molar-refractivity contribution in [2.45, 2.75) is 44.1 Å². The minimum absolute atomic E-state index is 0.208. The first-order valence-corrected chi connectivity index (χ1v) is 8.84. The Bertz CT molecular complexity index is 468. The Morgan fingerprint density at radius 3 is 3.14 bits per heavy atom. The van der Waals surface area contributed by atoms with Crippen LogP contribution in [-0.4, -0.2) is 31.3 Å². The van der Waals surface area contributed by atoms with Crippen LogP contribution in [0.15, 0.2) is 22.5 Å². The van der Waals surface area contributed by atoms with Crippen molar-refractivity contribution in [2.24, 2.45) is 16.6 Å². The fourth-order valence-electron chi connectivity index (χ4n) is 3.26. The van der Waals surface area contributed by atoms with Crippen molar-refractivity contribution in [1.82, 2.24) is 5.32 Å². The zero-order chi connectivity index (χ0) is 14.5. The smallest absolute Gasteiger partial charge is 0.188 e. The Labute approximate surface area is 130 Å². The molecule has 2 heterocycles. The molecule has 1 saturated heterocycles. The van der Waals surface area contributed by atoms with E-state index in [4.69, 9.17) is 10.5 Å². The molecule has 1 saturated carbocycles. The molecule has 116 valence electrons. The lowest BCUT2D eigenvalue weighted by molar-refractivity contribution is -0.141. The predicted molar refractivity (Wildman–Crippen MR) is 87.8 cm³/mol. The zero-order valence-electron chi connectivity index (χ0n) is 12.5. The normalized spacial score (nSPS) is 24.8. The Kier molecular flexibility index (Phi) is 4.80. The predicted octanol–water partition coefficient (Wildman–Crippen LogP) is 2.54. The van der Waals surface area contributed by atoms with Crippen LogP contribution < -0.4 is 11.1 Å². The Morgan fingerprint density at radius 2 is 2.43 bits per heavy atom. The van der Waals surface area contributed by atoms with Gasteiger partial charge in [-0.05, 0) is 55.9 Å². The van der Waals surface area contributed by atoms with Gasteiger partial charge < -0.3 is 15.8 Å². The molecular weight excluding hydrogens is 282 g/mol. The quantitative estimate of drug-likeness (QED) is 0.649. The van der Waals surface area contributed by atoms with Crippen LogP contribution in [0.3, 0.4) is 0 Å². The van der Waals surface area contributed by atoms with Crippen molar-refractivity contribution in [3.8, 4) is 0 Å². The number of nitrogens with two attached hydrogens (primary N) is 1. The van der Waals surface area contributed by atoms with Crippen LogP contribution in [0.25, 0.3) is 0 Å². The van der Waals surface area contributed by atoms with E-state index >= 15 is 0 Å². The molecule has 1 aliphatic heterocycles. The lowest BCUT2D eigenvalue weighted by atomic mass is 9.72. The molecule has 5 heteroatoms. The summed E-state index contributed by atoms with van der Waals surface area (Å²) in [6.07, 6.45) is 7.09. The average Bonchev–Trinajstić information content (AvgIpc) is 2.97. The number of hydrogen-bond donors (Lipinski definition) is 2. The highest BCUT2D eigenvalue weighted by molar-refractivity contribution is 7.09. The SMILES string of the molecule is NC(=NCC1CCOC2(CCC2)C1)NCCc1cccs1. The van der Waals surface area contributed by atoms with E-state index in [-0.39, 0.29) is 5.60 Å². The van der Waals surface area contributed by atoms with E-state index < -0.39 is 0 Å². The molecule has 3 rings (SSSR count). The molecule has 0 bridgehead atoms. The minimum atomic E-state index is 0.208. The van der Waals surface area contributed by atoms with Crippen molar-refractivity contribution < 1.29 is 4.74 Å². The maximum atomic E-state index is 5.96. The van der Waals surface area contributed by atoms with Crippen LogP contribution >= 0.6 is 11.3 Å². The Hall–Kier alpha value is -1.07. The molecule has 3 N–H and O–H groups in total. The maximum absolute atomic E-state index is 5.96. The summed E-state index contributed by atoms with van der Waals surface area (Å²) in [5.41, 5.74) is 6.16. The standard InChI is InChI=1S/C16H25N3OS/c17-15(18-8-4-14-3-1-10-21-14)19-12-13-5-9-20-16(11-13)6-2-7-16/h1,3,10,13H,2,4-9,11-12H2,(H3,17,18,19). The maximum Gasteiger partial charge on any atom is 0.188 e. The zero-order valence-corrected chi connectivity index (χ0v) is 13.3. The van der Waals surface area contributed by atoms with Crippen LogP contribution in [-0.2, 0) is 11.2 Å². The van der Waals surface area contributed by atoms with Gasteiger partial charge in [-0.3, -0.25) is 4.99 Å². The van der Waals surface area contributed by atoms with Crippen LogP contribution in [0.1, 0.15) is 37.0 Å². The molecule has 1 aromatic rings. The van der Waals surface area contributed by atoms with Gasteiger partial charge in [0.05, 0.1) is 5.60 Å². The second kappa shape index (κ2) is 6.79. The average molecular weight is 307 g/mol. The highest BCUT2D eigenvalue weighted by Crippen LogP contribution is 2.44. The summed E-state index contributed by atoms with van der Waals surface area (Å²) < 4.78 is 5.95. The number of aliphatic imine (C=N–C) groups is 1. The molecule has 1 aliphatic carbocycles. The van der Waals surface area contributed by atoms with Gasteiger partial charge in [0, 0.05) is 24.6 Å². The van der Waals surface area contributed by atoms with E-state index in [0.717, 1.165) is 32.5 Å². The first-order valence-electron chi connectivity index (χ1n) is 7.96. The molecule has 1 unspecified atom stereocenters. The van der Waals surface area contributed by atoms with E-state index in [0.29, 0.717) is 11.9 Å². The largest absolute Gasteiger partial charge is 0.375 e. The van der Waals surface area contributed by atoms with Crippen LogP contribution in [0, 0.1) is 5.92 Å². The van der Waals surface area contributed by atoms with E-state index in [1.165, 1.54) is 30.6 Å². The summed E-state index contributed by atoms with van der Waals surface area (Å²) in [5.74, 6) is 1.22. The molecule has 4 nitrogen and oxygen atoms in total. The second-order valence-electron chi connectivity index (χ2n) is 6.23. The van der Waals surface area contributed by atoms with Gasteiger partial charge in [-0.2, -0.15) is 0 Å². The number of nitrogens with one attached hydrogen (secondary N) is 1. The van der Waals surface area contributed by atoms with Gasteiger partial charge in [-0.15, -0.1) is 11.3 Å². The molecule has 0 amide bonds. The number of ether oxygens (including phenoxy) is 1. The van der Waals surface area contributed by atoms with Crippen LogP contribution in [0.4, 0.5) is 0 Å². The minimum Gasteiger partial charge on any atom is -0.375 e. The lowest BCUT2D eigenvalue weighted by Gasteiger charge is -2.47. The van der Waals surface area contributed by atoms with Crippen LogP contribution in [0.5, 0.6) is 0 Å². The third-order valence-electron chi connectivity index (χ3n) is 4.64. The molecule has 2 aliphatic rings. The van der Waals surface area contributed by atoms with Crippen molar-refractivity contribution in [1.29, 1.82) is 0 Å². The summed E-state index contributed by atoms with van der Waals surface area (Å²) in [4.78, 5) is 5.90. The summed E-state index contributed by atoms with van der Waals surface area (Å²) in [6.45, 7) is 2.59. The van der Waals surface area contributed by atoms with Gasteiger partial charge in [0.2, 0.25) is 0 Å². The van der Waals surface area contributed by atoms with Crippen molar-refractivity contribution in [2.75, 3.05) is 19.7 Å². The monoisotopic (exact) mass is 307 g/mol. The van der Waals surface area contributed by atoms with Gasteiger partial charge in [0.25, 0.3) is 0 Å². The highest BCUT2D eigenvalue weighted by atomic mass is 32.1. The molecule has 1 aromatic heterocycles. The summed E-state index contributed by atoms with van der Waals surface area (Å²) in [5, 5.41) is 5.32. The van der Waals surface area contributed by atoms with Crippen molar-refractivity contribution >= 4 is 17.3 Å². The molecule has 1 spiro atoms. The van der Waals surface area contributed by atoms with E-state index in [9.17, 15) is 0 Å². The second-order valence-corrected chi connectivity index (χ2v) is 7.26. The topological polar surface area (TPSA) is 59.6 Å². The van der Waals surface area contributed by atoms with Crippen molar-refractivity contribution in [3.63, 3.8) is 0 Å². The Morgan fingerprint density at radius 1 is 1.52 bits per heavy atom. The van der Waals surface area contributed by atoms with Crippen molar-refractivity contribution in [3.05, 3.63) is 22.4 Å². The van der Waals surface area contributed by atoms with E-state index in [1.807, 2.05) is 0 Å². The summed E-state index contributed by atoms with van der Waals surface area (Å²) in [6, 6.07) is 4.23. The number of guanidine groups is 1. The molecular formula is C16H25N3OS. The molecule has 2 fully saturated rings. The van der Waals surface area contributed by atoms with E-state index in [2.05, 4.69) is 27.8 Å². The van der Waals surface area contributed by atoms with Gasteiger partial charge in [-0.25, -0.2) is 0 Å². The fourth-order valence-corrected chi connectivity index (χ4v) is 3.97.